The van der Waals surface area contributed by atoms with Gasteiger partial charge in [0.25, 0.3) is 5.91 Å². The number of thiazole rings is 1. The number of rotatable bonds is 8. The minimum atomic E-state index is -0.979. The number of carboxylic acid groups (broad SMARTS) is 1. The molecule has 2 saturated carbocycles. The third kappa shape index (κ3) is 3.48. The molecule has 4 heterocycles. The van der Waals surface area contributed by atoms with Crippen LogP contribution < -0.4 is 4.90 Å². The molecule has 0 atom stereocenters. The highest BCUT2D eigenvalue weighted by atomic mass is 32.1. The number of carbonyl (C=O) groups excluding carboxylic acids is 1. The third-order valence-corrected chi connectivity index (χ3v) is 8.03. The van der Waals surface area contributed by atoms with E-state index >= 15 is 0 Å². The lowest BCUT2D eigenvalue weighted by molar-refractivity contribution is 0.0696. The average molecular weight is 494 g/mol. The molecule has 0 saturated heterocycles. The fraction of sp³-hybridized carbons (Fsp3) is 0.458. The minimum Gasteiger partial charge on any atom is -0.477 e. The molecule has 2 aliphatic carbocycles. The van der Waals surface area contributed by atoms with E-state index in [0.717, 1.165) is 53.4 Å². The van der Waals surface area contributed by atoms with Crippen molar-refractivity contribution < 1.29 is 14.7 Å². The van der Waals surface area contributed by atoms with Crippen LogP contribution in [0.2, 0.25) is 0 Å². The predicted molar refractivity (Wildman–Crippen MR) is 134 cm³/mol. The Kier molecular flexibility index (Phi) is 5.06. The van der Waals surface area contributed by atoms with E-state index in [2.05, 4.69) is 19.9 Å². The number of anilines is 2. The summed E-state index contributed by atoms with van der Waals surface area (Å²) >= 11 is 1.13. The van der Waals surface area contributed by atoms with Gasteiger partial charge in [-0.25, -0.2) is 19.7 Å². The van der Waals surface area contributed by atoms with Crippen LogP contribution in [-0.2, 0) is 13.0 Å². The number of carboxylic acids is 1. The van der Waals surface area contributed by atoms with E-state index in [1.54, 1.807) is 11.2 Å². The van der Waals surface area contributed by atoms with Gasteiger partial charge >= 0.3 is 5.97 Å². The van der Waals surface area contributed by atoms with Gasteiger partial charge in [0.15, 0.2) is 10.9 Å². The van der Waals surface area contributed by atoms with E-state index in [0.29, 0.717) is 53.0 Å². The molecule has 11 heteroatoms. The number of carbonyl (C=O) groups is 2. The number of fused-ring (bicyclic) bond motifs is 3. The number of aryl methyl sites for hydroxylation is 2. The van der Waals surface area contributed by atoms with E-state index < -0.39 is 5.97 Å². The van der Waals surface area contributed by atoms with Gasteiger partial charge in [-0.2, -0.15) is 0 Å². The molecule has 0 radical (unpaired) electrons. The Hall–Kier alpha value is -3.47. The summed E-state index contributed by atoms with van der Waals surface area (Å²) in [7, 11) is 1.82. The number of hydrogen-bond donors (Lipinski definition) is 2. The lowest BCUT2D eigenvalue weighted by Crippen LogP contribution is -2.36. The Bertz CT molecular complexity index is 1470. The van der Waals surface area contributed by atoms with Gasteiger partial charge in [0.1, 0.15) is 27.3 Å². The van der Waals surface area contributed by atoms with Crippen LogP contribution >= 0.6 is 11.3 Å². The van der Waals surface area contributed by atoms with Crippen molar-refractivity contribution in [3.63, 3.8) is 0 Å². The molecule has 0 aliphatic heterocycles. The molecule has 6 rings (SSSR count). The second-order valence-corrected chi connectivity index (χ2v) is 10.2. The Morgan fingerprint density at radius 3 is 2.49 bits per heavy atom. The molecule has 182 valence electrons. The number of imidazole rings is 1. The molecule has 0 unspecified atom stereocenters. The zero-order chi connectivity index (χ0) is 24.4. The van der Waals surface area contributed by atoms with Crippen LogP contribution in [0.15, 0.2) is 12.4 Å². The van der Waals surface area contributed by atoms with Crippen molar-refractivity contribution in [2.45, 2.75) is 64.6 Å². The fourth-order valence-electron chi connectivity index (χ4n) is 4.85. The highest BCUT2D eigenvalue weighted by Crippen LogP contribution is 2.40. The molecular weight excluding hydrogens is 466 g/mol. The lowest BCUT2D eigenvalue weighted by Gasteiger charge is -2.22. The number of amides is 1. The van der Waals surface area contributed by atoms with Crippen molar-refractivity contribution in [1.29, 1.82) is 0 Å². The summed E-state index contributed by atoms with van der Waals surface area (Å²) in [5.41, 5.74) is 3.34. The first-order chi connectivity index (χ1) is 16.9. The smallest absolute Gasteiger partial charge is 0.347 e. The van der Waals surface area contributed by atoms with Crippen LogP contribution in [0, 0.1) is 0 Å². The maximum absolute atomic E-state index is 13.7. The number of aromatic nitrogens is 5. The molecule has 4 aromatic rings. The topological polar surface area (TPSA) is 120 Å². The van der Waals surface area contributed by atoms with Gasteiger partial charge in [-0.15, -0.1) is 0 Å². The SMILES string of the molecule is CCc1nc(N(C)c2nc3c(cc(C(=O)N(C4CC4)C4CC4)n3CC)c3nc[nH]c23)sc1C(=O)O. The molecule has 0 bridgehead atoms. The number of nitrogens with one attached hydrogen (secondary N) is 1. The van der Waals surface area contributed by atoms with Gasteiger partial charge in [-0.05, 0) is 45.1 Å². The predicted octanol–water partition coefficient (Wildman–Crippen LogP) is 4.18. The zero-order valence-corrected chi connectivity index (χ0v) is 20.7. The fourth-order valence-corrected chi connectivity index (χ4v) is 5.80. The summed E-state index contributed by atoms with van der Waals surface area (Å²) in [6.07, 6.45) is 6.47. The van der Waals surface area contributed by atoms with E-state index in [4.69, 9.17) is 4.98 Å². The van der Waals surface area contributed by atoms with Crippen molar-refractivity contribution in [3.8, 4) is 0 Å². The number of hydrogen-bond acceptors (Lipinski definition) is 7. The second kappa shape index (κ2) is 8.04. The number of aromatic amines is 1. The Morgan fingerprint density at radius 1 is 1.20 bits per heavy atom. The third-order valence-electron chi connectivity index (χ3n) is 6.87. The molecule has 10 nitrogen and oxygen atoms in total. The van der Waals surface area contributed by atoms with E-state index in [-0.39, 0.29) is 10.8 Å². The van der Waals surface area contributed by atoms with Gasteiger partial charge in [0, 0.05) is 31.1 Å². The summed E-state index contributed by atoms with van der Waals surface area (Å²) in [4.78, 5) is 46.8. The first kappa shape index (κ1) is 22.0. The largest absolute Gasteiger partial charge is 0.477 e. The average Bonchev–Trinajstić information content (AvgIpc) is 3.72. The van der Waals surface area contributed by atoms with Crippen LogP contribution in [0.1, 0.15) is 65.4 Å². The molecular formula is C24H27N7O3S. The Morgan fingerprint density at radius 2 is 1.91 bits per heavy atom. The standard InChI is InChI=1S/C24H27N7O3S/c1-4-15-19(23(33)34)35-24(27-15)29(3)21-18-17(25-11-26-18)14-10-16(30(5-2)20(14)28-21)22(32)31(12-6-7-12)13-8-9-13/h10-13H,4-9H2,1-3H3,(H,25,26)(H,33,34). The maximum atomic E-state index is 13.7. The molecule has 4 aromatic heterocycles. The van der Waals surface area contributed by atoms with Crippen LogP contribution in [-0.4, -0.2) is 65.5 Å². The first-order valence-electron chi connectivity index (χ1n) is 12.1. The summed E-state index contributed by atoms with van der Waals surface area (Å²) in [5, 5.41) is 10.9. The normalized spacial score (nSPS) is 15.7. The molecule has 1 amide bonds. The van der Waals surface area contributed by atoms with Crippen molar-refractivity contribution in [2.75, 3.05) is 11.9 Å². The molecule has 0 aromatic carbocycles. The molecule has 2 aliphatic rings. The van der Waals surface area contributed by atoms with Gasteiger partial charge in [-0.1, -0.05) is 18.3 Å². The minimum absolute atomic E-state index is 0.0760. The number of H-pyrrole nitrogens is 1. The number of aromatic carboxylic acids is 1. The monoisotopic (exact) mass is 493 g/mol. The van der Waals surface area contributed by atoms with Crippen molar-refractivity contribution in [3.05, 3.63) is 28.7 Å². The quantitative estimate of drug-likeness (QED) is 0.378. The summed E-state index contributed by atoms with van der Waals surface area (Å²) < 4.78 is 1.98. The first-order valence-corrected chi connectivity index (χ1v) is 12.9. The van der Waals surface area contributed by atoms with Gasteiger partial charge in [-0.3, -0.25) is 4.79 Å². The van der Waals surface area contributed by atoms with Crippen LogP contribution in [0.5, 0.6) is 0 Å². The zero-order valence-electron chi connectivity index (χ0n) is 19.9. The van der Waals surface area contributed by atoms with Crippen molar-refractivity contribution >= 4 is 56.2 Å². The van der Waals surface area contributed by atoms with Gasteiger partial charge in [0.05, 0.1) is 12.0 Å². The van der Waals surface area contributed by atoms with Crippen LogP contribution in [0.25, 0.3) is 22.1 Å². The Labute approximate surface area is 205 Å². The van der Waals surface area contributed by atoms with E-state index in [1.165, 1.54) is 0 Å². The maximum Gasteiger partial charge on any atom is 0.347 e. The number of nitrogens with zero attached hydrogens (tertiary/aromatic N) is 6. The summed E-state index contributed by atoms with van der Waals surface area (Å²) in [6, 6.07) is 2.65. The van der Waals surface area contributed by atoms with Crippen LogP contribution in [0.4, 0.5) is 10.9 Å². The van der Waals surface area contributed by atoms with Crippen molar-refractivity contribution in [1.82, 2.24) is 29.4 Å². The van der Waals surface area contributed by atoms with Gasteiger partial charge < -0.3 is 24.5 Å². The van der Waals surface area contributed by atoms with Crippen LogP contribution in [0.3, 0.4) is 0 Å². The number of pyridine rings is 1. The summed E-state index contributed by atoms with van der Waals surface area (Å²) in [6.45, 7) is 4.50. The van der Waals surface area contributed by atoms with Gasteiger partial charge in [0.2, 0.25) is 0 Å². The van der Waals surface area contributed by atoms with E-state index in [1.807, 2.05) is 31.5 Å². The summed E-state index contributed by atoms with van der Waals surface area (Å²) in [5.74, 6) is -0.313. The van der Waals surface area contributed by atoms with Crippen molar-refractivity contribution in [2.24, 2.45) is 0 Å². The molecule has 35 heavy (non-hydrogen) atoms. The second-order valence-electron chi connectivity index (χ2n) is 9.24. The molecule has 0 spiro atoms. The Balaban J connectivity index is 1.49. The molecule has 2 fully saturated rings. The highest BCUT2D eigenvalue weighted by Gasteiger charge is 2.43. The lowest BCUT2D eigenvalue weighted by atomic mass is 10.2. The molecule has 2 N–H and O–H groups in total. The van der Waals surface area contributed by atoms with E-state index in [9.17, 15) is 14.7 Å². The highest BCUT2D eigenvalue weighted by molar-refractivity contribution is 7.17.